The van der Waals surface area contributed by atoms with Gasteiger partial charge < -0.3 is 10.6 Å². The molecule has 0 aliphatic rings. The molecule has 1 unspecified atom stereocenters. The van der Waals surface area contributed by atoms with E-state index in [1.165, 1.54) is 0 Å². The van der Waals surface area contributed by atoms with E-state index in [2.05, 4.69) is 26.0 Å². The lowest BCUT2D eigenvalue weighted by Gasteiger charge is -2.20. The molecule has 1 aromatic heterocycles. The summed E-state index contributed by atoms with van der Waals surface area (Å²) in [4.78, 5) is 14.4. The van der Waals surface area contributed by atoms with E-state index in [4.69, 9.17) is 10.8 Å². The first-order valence-corrected chi connectivity index (χ1v) is 9.54. The smallest absolute Gasteiger partial charge is 0.224 e. The lowest BCUT2D eigenvalue weighted by molar-refractivity contribution is -0.130. The lowest BCUT2D eigenvalue weighted by Crippen LogP contribution is -2.29. The van der Waals surface area contributed by atoms with Gasteiger partial charge in [-0.25, -0.2) is 4.68 Å². The highest BCUT2D eigenvalue weighted by Crippen LogP contribution is 2.22. The first-order chi connectivity index (χ1) is 13.4. The normalized spacial score (nSPS) is 12.0. The predicted molar refractivity (Wildman–Crippen MR) is 112 cm³/mol. The summed E-state index contributed by atoms with van der Waals surface area (Å²) in [5.41, 5.74) is 12.5. The van der Waals surface area contributed by atoms with Gasteiger partial charge in [-0.05, 0) is 38.0 Å². The van der Waals surface area contributed by atoms with Crippen LogP contribution in [0.1, 0.15) is 40.5 Å². The zero-order chi connectivity index (χ0) is 20.3. The van der Waals surface area contributed by atoms with E-state index in [0.29, 0.717) is 6.54 Å². The van der Waals surface area contributed by atoms with E-state index in [1.54, 1.807) is 4.90 Å². The Kier molecular flexibility index (Phi) is 5.95. The Hall–Kier alpha value is -2.92. The predicted octanol–water partition coefficient (Wildman–Crippen LogP) is 3.85. The molecule has 0 bridgehead atoms. The summed E-state index contributed by atoms with van der Waals surface area (Å²) in [7, 11) is 1.82. The van der Waals surface area contributed by atoms with Crippen molar-refractivity contribution in [1.82, 2.24) is 14.7 Å². The first kappa shape index (κ1) is 19.8. The highest BCUT2D eigenvalue weighted by atomic mass is 16.2. The molecule has 0 aliphatic heterocycles. The Bertz CT molecular complexity index is 962. The van der Waals surface area contributed by atoms with Gasteiger partial charge in [0.25, 0.3) is 0 Å². The highest BCUT2D eigenvalue weighted by molar-refractivity contribution is 5.76. The summed E-state index contributed by atoms with van der Waals surface area (Å²) < 4.78 is 1.97. The van der Waals surface area contributed by atoms with Crippen molar-refractivity contribution in [2.45, 2.75) is 39.8 Å². The second kappa shape index (κ2) is 8.40. The number of benzene rings is 2. The number of aromatic nitrogens is 2. The molecule has 0 saturated carbocycles. The maximum Gasteiger partial charge on any atom is 0.224 e. The van der Waals surface area contributed by atoms with Gasteiger partial charge in [-0.1, -0.05) is 48.5 Å². The molecular formula is C23H28N4O. The van der Waals surface area contributed by atoms with Crippen LogP contribution in [0.5, 0.6) is 0 Å². The SMILES string of the molecule is Cc1ccccc1-n1nc(C)c(CN(C)C(=O)CC(N)c2ccccc2)c1C. The van der Waals surface area contributed by atoms with Crippen LogP contribution in [0.2, 0.25) is 0 Å². The number of hydrogen-bond acceptors (Lipinski definition) is 3. The van der Waals surface area contributed by atoms with E-state index in [-0.39, 0.29) is 18.4 Å². The third kappa shape index (κ3) is 4.15. The molecule has 0 radical (unpaired) electrons. The fraction of sp³-hybridized carbons (Fsp3) is 0.304. The number of nitrogens with two attached hydrogens (primary N) is 1. The van der Waals surface area contributed by atoms with Gasteiger partial charge in [0.15, 0.2) is 0 Å². The van der Waals surface area contributed by atoms with Crippen molar-refractivity contribution in [3.05, 3.63) is 82.7 Å². The average Bonchev–Trinajstić information content (AvgIpc) is 2.97. The second-order valence-corrected chi connectivity index (χ2v) is 7.32. The molecule has 2 N–H and O–H groups in total. The van der Waals surface area contributed by atoms with Gasteiger partial charge in [0, 0.05) is 37.3 Å². The van der Waals surface area contributed by atoms with Crippen LogP contribution in [0.4, 0.5) is 0 Å². The van der Waals surface area contributed by atoms with E-state index in [1.807, 2.05) is 61.1 Å². The molecule has 0 fully saturated rings. The summed E-state index contributed by atoms with van der Waals surface area (Å²) in [6.07, 6.45) is 0.282. The molecular weight excluding hydrogens is 348 g/mol. The summed E-state index contributed by atoms with van der Waals surface area (Å²) in [6.45, 7) is 6.64. The zero-order valence-electron chi connectivity index (χ0n) is 17.0. The van der Waals surface area contributed by atoms with Gasteiger partial charge in [-0.3, -0.25) is 4.79 Å². The number of nitrogens with zero attached hydrogens (tertiary/aromatic N) is 3. The van der Waals surface area contributed by atoms with Crippen molar-refractivity contribution in [1.29, 1.82) is 0 Å². The van der Waals surface area contributed by atoms with Gasteiger partial charge in [0.05, 0.1) is 11.4 Å². The van der Waals surface area contributed by atoms with Crippen LogP contribution in [-0.4, -0.2) is 27.6 Å². The molecule has 2 aromatic carbocycles. The molecule has 28 heavy (non-hydrogen) atoms. The van der Waals surface area contributed by atoms with Gasteiger partial charge >= 0.3 is 0 Å². The largest absolute Gasteiger partial charge is 0.341 e. The third-order valence-electron chi connectivity index (χ3n) is 5.23. The van der Waals surface area contributed by atoms with Gasteiger partial charge in [0.1, 0.15) is 0 Å². The van der Waals surface area contributed by atoms with E-state index >= 15 is 0 Å². The van der Waals surface area contributed by atoms with Crippen molar-refractivity contribution in [3.63, 3.8) is 0 Å². The van der Waals surface area contributed by atoms with Crippen molar-refractivity contribution < 1.29 is 4.79 Å². The quantitative estimate of drug-likeness (QED) is 0.711. The monoisotopic (exact) mass is 376 g/mol. The van der Waals surface area contributed by atoms with Crippen LogP contribution in [-0.2, 0) is 11.3 Å². The molecule has 146 valence electrons. The fourth-order valence-corrected chi connectivity index (χ4v) is 3.43. The van der Waals surface area contributed by atoms with Crippen molar-refractivity contribution in [2.24, 2.45) is 5.73 Å². The van der Waals surface area contributed by atoms with Gasteiger partial charge in [-0.2, -0.15) is 5.10 Å². The first-order valence-electron chi connectivity index (χ1n) is 9.54. The Balaban J connectivity index is 1.74. The van der Waals surface area contributed by atoms with Crippen LogP contribution in [0.15, 0.2) is 54.6 Å². The van der Waals surface area contributed by atoms with E-state index < -0.39 is 0 Å². The lowest BCUT2D eigenvalue weighted by atomic mass is 10.0. The maximum atomic E-state index is 12.7. The van der Waals surface area contributed by atoms with E-state index in [0.717, 1.165) is 33.8 Å². The number of carbonyl (C=O) groups is 1. The minimum atomic E-state index is -0.298. The zero-order valence-corrected chi connectivity index (χ0v) is 17.0. The topological polar surface area (TPSA) is 64.2 Å². The molecule has 3 aromatic rings. The van der Waals surface area contributed by atoms with E-state index in [9.17, 15) is 4.79 Å². The fourth-order valence-electron chi connectivity index (χ4n) is 3.43. The maximum absolute atomic E-state index is 12.7. The average molecular weight is 377 g/mol. The molecule has 5 heteroatoms. The standard InChI is InChI=1S/C23H28N4O/c1-16-10-8-9-13-22(16)27-18(3)20(17(2)25-27)15-26(4)23(28)14-21(24)19-11-6-5-7-12-19/h5-13,21H,14-15,24H2,1-4H3. The molecule has 0 aliphatic carbocycles. The number of aryl methyl sites for hydroxylation is 2. The Morgan fingerprint density at radius 2 is 1.71 bits per heavy atom. The van der Waals surface area contributed by atoms with Crippen LogP contribution in [0, 0.1) is 20.8 Å². The molecule has 1 atom stereocenters. The molecule has 3 rings (SSSR count). The van der Waals surface area contributed by atoms with Crippen molar-refractivity contribution in [2.75, 3.05) is 7.05 Å². The summed E-state index contributed by atoms with van der Waals surface area (Å²) in [6, 6.07) is 17.6. The van der Waals surface area contributed by atoms with Gasteiger partial charge in [0.2, 0.25) is 5.91 Å². The minimum Gasteiger partial charge on any atom is -0.341 e. The Labute approximate surface area is 166 Å². The number of rotatable bonds is 6. The molecule has 0 spiro atoms. The number of para-hydroxylation sites is 1. The van der Waals surface area contributed by atoms with Crippen LogP contribution >= 0.6 is 0 Å². The number of carbonyl (C=O) groups excluding carboxylic acids is 1. The second-order valence-electron chi connectivity index (χ2n) is 7.32. The van der Waals surface area contributed by atoms with Crippen LogP contribution in [0.3, 0.4) is 0 Å². The summed E-state index contributed by atoms with van der Waals surface area (Å²) in [5.74, 6) is 0.0267. The molecule has 5 nitrogen and oxygen atoms in total. The highest BCUT2D eigenvalue weighted by Gasteiger charge is 2.20. The number of amides is 1. The summed E-state index contributed by atoms with van der Waals surface area (Å²) in [5, 5.41) is 4.72. The molecule has 0 saturated heterocycles. The van der Waals surface area contributed by atoms with Crippen LogP contribution < -0.4 is 5.73 Å². The molecule has 1 amide bonds. The van der Waals surface area contributed by atoms with Gasteiger partial charge in [-0.15, -0.1) is 0 Å². The van der Waals surface area contributed by atoms with Crippen LogP contribution in [0.25, 0.3) is 5.69 Å². The third-order valence-corrected chi connectivity index (χ3v) is 5.23. The number of hydrogen-bond donors (Lipinski definition) is 1. The molecule has 1 heterocycles. The van der Waals surface area contributed by atoms with Crippen molar-refractivity contribution in [3.8, 4) is 5.69 Å². The Morgan fingerprint density at radius 3 is 2.39 bits per heavy atom. The van der Waals surface area contributed by atoms with Crippen molar-refractivity contribution >= 4 is 5.91 Å². The summed E-state index contributed by atoms with van der Waals surface area (Å²) >= 11 is 0. The Morgan fingerprint density at radius 1 is 1.07 bits per heavy atom. The minimum absolute atomic E-state index is 0.0267.